The highest BCUT2D eigenvalue weighted by Gasteiger charge is 2.15. The highest BCUT2D eigenvalue weighted by Crippen LogP contribution is 2.19. The van der Waals surface area contributed by atoms with Gasteiger partial charge in [0, 0.05) is 17.8 Å². The first-order chi connectivity index (χ1) is 11.0. The van der Waals surface area contributed by atoms with Crippen molar-refractivity contribution in [1.29, 1.82) is 0 Å². The summed E-state index contributed by atoms with van der Waals surface area (Å²) in [6, 6.07) is 12.5. The van der Waals surface area contributed by atoms with E-state index >= 15 is 0 Å². The molecule has 0 fully saturated rings. The van der Waals surface area contributed by atoms with Crippen molar-refractivity contribution >= 4 is 17.3 Å². The number of methoxy groups -OCH3 is 1. The lowest BCUT2D eigenvalue weighted by atomic mass is 10.2. The summed E-state index contributed by atoms with van der Waals surface area (Å²) in [5, 5.41) is 13.3. The van der Waals surface area contributed by atoms with Crippen LogP contribution >= 0.6 is 0 Å². The summed E-state index contributed by atoms with van der Waals surface area (Å²) in [4.78, 5) is 22.2. The summed E-state index contributed by atoms with van der Waals surface area (Å²) < 4.78 is 10.5. The lowest BCUT2D eigenvalue weighted by molar-refractivity contribution is -0.384. The third-order valence-corrected chi connectivity index (χ3v) is 3.09. The Hall–Kier alpha value is -3.09. The Morgan fingerprint density at radius 3 is 2.17 bits per heavy atom. The largest absolute Gasteiger partial charge is 0.497 e. The molecule has 1 N–H and O–H groups in total. The zero-order valence-electron chi connectivity index (χ0n) is 12.7. The SMILES string of the molecule is COc1ccc(NC(=O)C(C)Oc2ccc([N+](=O)[O-])cc2)cc1. The van der Waals surface area contributed by atoms with Gasteiger partial charge in [0.25, 0.3) is 11.6 Å². The number of amides is 1. The summed E-state index contributed by atoms with van der Waals surface area (Å²) in [6.07, 6.45) is -0.751. The molecule has 1 unspecified atom stereocenters. The molecule has 0 saturated carbocycles. The number of hydrogen-bond acceptors (Lipinski definition) is 5. The molecule has 2 aromatic rings. The van der Waals surface area contributed by atoms with Gasteiger partial charge >= 0.3 is 0 Å². The molecule has 0 bridgehead atoms. The predicted octanol–water partition coefficient (Wildman–Crippen LogP) is 3.01. The fourth-order valence-electron chi connectivity index (χ4n) is 1.82. The van der Waals surface area contributed by atoms with Crippen molar-refractivity contribution in [3.8, 4) is 11.5 Å². The monoisotopic (exact) mass is 316 g/mol. The predicted molar refractivity (Wildman–Crippen MR) is 84.8 cm³/mol. The maximum atomic E-state index is 12.1. The zero-order chi connectivity index (χ0) is 16.8. The quantitative estimate of drug-likeness (QED) is 0.653. The van der Waals surface area contributed by atoms with Gasteiger partial charge in [0.2, 0.25) is 0 Å². The van der Waals surface area contributed by atoms with E-state index in [-0.39, 0.29) is 11.6 Å². The van der Waals surface area contributed by atoms with Crippen LogP contribution in [0.2, 0.25) is 0 Å². The number of anilines is 1. The van der Waals surface area contributed by atoms with E-state index in [1.807, 2.05) is 0 Å². The van der Waals surface area contributed by atoms with Gasteiger partial charge in [-0.2, -0.15) is 0 Å². The molecule has 1 atom stereocenters. The average Bonchev–Trinajstić information content (AvgIpc) is 2.56. The van der Waals surface area contributed by atoms with Crippen LogP contribution < -0.4 is 14.8 Å². The number of hydrogen-bond donors (Lipinski definition) is 1. The van der Waals surface area contributed by atoms with Gasteiger partial charge in [0.1, 0.15) is 11.5 Å². The molecule has 0 radical (unpaired) electrons. The molecule has 2 aromatic carbocycles. The molecular weight excluding hydrogens is 300 g/mol. The highest BCUT2D eigenvalue weighted by atomic mass is 16.6. The van der Waals surface area contributed by atoms with Crippen molar-refractivity contribution in [2.45, 2.75) is 13.0 Å². The Morgan fingerprint density at radius 1 is 1.09 bits per heavy atom. The van der Waals surface area contributed by atoms with Crippen LogP contribution in [0.3, 0.4) is 0 Å². The molecule has 0 aromatic heterocycles. The summed E-state index contributed by atoms with van der Waals surface area (Å²) in [5.74, 6) is 0.750. The van der Waals surface area contributed by atoms with E-state index in [2.05, 4.69) is 5.32 Å². The Labute approximate surface area is 133 Å². The number of rotatable bonds is 6. The minimum Gasteiger partial charge on any atom is -0.497 e. The zero-order valence-corrected chi connectivity index (χ0v) is 12.7. The van der Waals surface area contributed by atoms with E-state index in [1.165, 1.54) is 24.3 Å². The van der Waals surface area contributed by atoms with Gasteiger partial charge in [-0.15, -0.1) is 0 Å². The molecule has 7 heteroatoms. The molecule has 0 aliphatic rings. The number of nitrogens with one attached hydrogen (secondary N) is 1. The van der Waals surface area contributed by atoms with E-state index in [1.54, 1.807) is 38.3 Å². The highest BCUT2D eigenvalue weighted by molar-refractivity contribution is 5.94. The molecule has 0 aliphatic carbocycles. The van der Waals surface area contributed by atoms with Crippen LogP contribution in [0.4, 0.5) is 11.4 Å². The van der Waals surface area contributed by atoms with E-state index in [9.17, 15) is 14.9 Å². The summed E-state index contributed by atoms with van der Waals surface area (Å²) >= 11 is 0. The number of carbonyl (C=O) groups excluding carboxylic acids is 1. The van der Waals surface area contributed by atoms with E-state index in [0.29, 0.717) is 17.2 Å². The van der Waals surface area contributed by atoms with Gasteiger partial charge < -0.3 is 14.8 Å². The molecule has 23 heavy (non-hydrogen) atoms. The molecule has 0 aliphatic heterocycles. The number of non-ortho nitro benzene ring substituents is 1. The number of nitrogens with zero attached hydrogens (tertiary/aromatic N) is 1. The topological polar surface area (TPSA) is 90.7 Å². The van der Waals surface area contributed by atoms with Crippen molar-refractivity contribution in [1.82, 2.24) is 0 Å². The second-order valence-electron chi connectivity index (χ2n) is 4.73. The molecule has 1 amide bonds. The van der Waals surface area contributed by atoms with Gasteiger partial charge in [-0.3, -0.25) is 14.9 Å². The molecule has 7 nitrogen and oxygen atoms in total. The Kier molecular flexibility index (Phi) is 5.14. The molecular formula is C16H16N2O5. The van der Waals surface area contributed by atoms with E-state index in [4.69, 9.17) is 9.47 Å². The van der Waals surface area contributed by atoms with Crippen LogP contribution in [-0.4, -0.2) is 24.0 Å². The van der Waals surface area contributed by atoms with Crippen LogP contribution in [0.1, 0.15) is 6.92 Å². The van der Waals surface area contributed by atoms with Crippen molar-refractivity contribution in [3.05, 3.63) is 58.6 Å². The number of nitro groups is 1. The number of nitro benzene ring substituents is 1. The second kappa shape index (κ2) is 7.26. The van der Waals surface area contributed by atoms with Gasteiger partial charge in [-0.1, -0.05) is 0 Å². The van der Waals surface area contributed by atoms with Gasteiger partial charge in [0.15, 0.2) is 6.10 Å². The van der Waals surface area contributed by atoms with Gasteiger partial charge in [-0.05, 0) is 43.3 Å². The van der Waals surface area contributed by atoms with Gasteiger partial charge in [0.05, 0.1) is 12.0 Å². The lowest BCUT2D eigenvalue weighted by Crippen LogP contribution is -2.30. The van der Waals surface area contributed by atoms with Crippen LogP contribution in [0.25, 0.3) is 0 Å². The van der Waals surface area contributed by atoms with Crippen LogP contribution in [0.15, 0.2) is 48.5 Å². The summed E-state index contributed by atoms with van der Waals surface area (Å²) in [7, 11) is 1.56. The minimum absolute atomic E-state index is 0.0345. The summed E-state index contributed by atoms with van der Waals surface area (Å²) in [6.45, 7) is 1.60. The first kappa shape index (κ1) is 16.3. The molecule has 120 valence electrons. The fourth-order valence-corrected chi connectivity index (χ4v) is 1.82. The lowest BCUT2D eigenvalue weighted by Gasteiger charge is -2.14. The van der Waals surface area contributed by atoms with Crippen molar-refractivity contribution in [2.24, 2.45) is 0 Å². The first-order valence-electron chi connectivity index (χ1n) is 6.85. The Balaban J connectivity index is 1.94. The van der Waals surface area contributed by atoms with Crippen molar-refractivity contribution in [2.75, 3.05) is 12.4 Å². The molecule has 0 spiro atoms. The average molecular weight is 316 g/mol. The molecule has 0 saturated heterocycles. The normalized spacial score (nSPS) is 11.4. The molecule has 0 heterocycles. The second-order valence-corrected chi connectivity index (χ2v) is 4.73. The third kappa shape index (κ3) is 4.44. The number of benzene rings is 2. The minimum atomic E-state index is -0.751. The maximum Gasteiger partial charge on any atom is 0.269 e. The van der Waals surface area contributed by atoms with E-state index < -0.39 is 11.0 Å². The third-order valence-electron chi connectivity index (χ3n) is 3.09. The number of carbonyl (C=O) groups is 1. The van der Waals surface area contributed by atoms with Gasteiger partial charge in [-0.25, -0.2) is 0 Å². The fraction of sp³-hybridized carbons (Fsp3) is 0.188. The van der Waals surface area contributed by atoms with Crippen molar-refractivity contribution in [3.63, 3.8) is 0 Å². The Bertz CT molecular complexity index is 683. The smallest absolute Gasteiger partial charge is 0.269 e. The van der Waals surface area contributed by atoms with Crippen LogP contribution in [0, 0.1) is 10.1 Å². The van der Waals surface area contributed by atoms with Crippen LogP contribution in [0.5, 0.6) is 11.5 Å². The molecule has 2 rings (SSSR count). The maximum absolute atomic E-state index is 12.1. The van der Waals surface area contributed by atoms with Crippen molar-refractivity contribution < 1.29 is 19.2 Å². The summed E-state index contributed by atoms with van der Waals surface area (Å²) in [5.41, 5.74) is 0.586. The standard InChI is InChI=1S/C16H16N2O5/c1-11(23-15-9-5-13(6-10-15)18(20)21)16(19)17-12-3-7-14(22-2)8-4-12/h3-11H,1-2H3,(H,17,19). The van der Waals surface area contributed by atoms with Crippen LogP contribution in [-0.2, 0) is 4.79 Å². The Morgan fingerprint density at radius 2 is 1.65 bits per heavy atom. The number of ether oxygens (including phenoxy) is 2. The van der Waals surface area contributed by atoms with E-state index in [0.717, 1.165) is 0 Å². The first-order valence-corrected chi connectivity index (χ1v) is 6.85.